The lowest BCUT2D eigenvalue weighted by Gasteiger charge is -2.17. The van der Waals surface area contributed by atoms with Crippen LogP contribution in [0.5, 0.6) is 0 Å². The van der Waals surface area contributed by atoms with Crippen LogP contribution in [0.4, 0.5) is 0 Å². The van der Waals surface area contributed by atoms with Crippen molar-refractivity contribution in [3.05, 3.63) is 22.2 Å². The van der Waals surface area contributed by atoms with E-state index < -0.39 is 0 Å². The second kappa shape index (κ2) is 8.83. The summed E-state index contributed by atoms with van der Waals surface area (Å²) >= 11 is 12.1. The van der Waals surface area contributed by atoms with Gasteiger partial charge in [-0.25, -0.2) is 0 Å². The van der Waals surface area contributed by atoms with Crippen LogP contribution < -0.4 is 0 Å². The third kappa shape index (κ3) is 3.96. The fourth-order valence-corrected chi connectivity index (χ4v) is 5.64. The molecule has 30 heavy (non-hydrogen) atoms. The molecule has 0 N–H and O–H groups in total. The molecule has 4 aliphatic rings. The highest BCUT2D eigenvalue weighted by Crippen LogP contribution is 2.40. The molecule has 162 valence electrons. The van der Waals surface area contributed by atoms with Crippen molar-refractivity contribution in [2.75, 3.05) is 13.1 Å². The molecule has 2 aliphatic heterocycles. The normalized spacial score (nSPS) is 31.1. The lowest BCUT2D eigenvalue weighted by molar-refractivity contribution is -0.141. The first kappa shape index (κ1) is 21.6. The molecule has 2 fully saturated rings. The molecular weight excluding hydrogens is 427 g/mol. The zero-order valence-corrected chi connectivity index (χ0v) is 18.3. The Morgan fingerprint density at radius 3 is 1.40 bits per heavy atom. The average Bonchev–Trinajstić information content (AvgIpc) is 3.09. The summed E-state index contributed by atoms with van der Waals surface area (Å²) in [5.41, 5.74) is 0. The lowest BCUT2D eigenvalue weighted by Crippen LogP contribution is -2.32. The molecule has 0 unspecified atom stereocenters. The van der Waals surface area contributed by atoms with E-state index in [9.17, 15) is 19.2 Å². The van der Waals surface area contributed by atoms with Gasteiger partial charge in [0.25, 0.3) is 0 Å². The number of rotatable bonds is 7. The van der Waals surface area contributed by atoms with Crippen molar-refractivity contribution < 1.29 is 19.2 Å². The van der Waals surface area contributed by atoms with Crippen LogP contribution in [0, 0.1) is 23.7 Å². The maximum Gasteiger partial charge on any atom is 0.233 e. The lowest BCUT2D eigenvalue weighted by atomic mass is 9.85. The predicted octanol–water partition coefficient (Wildman–Crippen LogP) is 3.58. The Morgan fingerprint density at radius 1 is 0.633 bits per heavy atom. The van der Waals surface area contributed by atoms with E-state index in [0.717, 1.165) is 25.7 Å². The van der Waals surface area contributed by atoms with Gasteiger partial charge in [-0.15, -0.1) is 0 Å². The summed E-state index contributed by atoms with van der Waals surface area (Å²) in [5, 5.41) is 1.34. The van der Waals surface area contributed by atoms with Gasteiger partial charge in [-0.1, -0.05) is 48.2 Å². The number of halogens is 2. The van der Waals surface area contributed by atoms with Gasteiger partial charge in [0.2, 0.25) is 23.6 Å². The highest BCUT2D eigenvalue weighted by molar-refractivity contribution is 6.30. The Labute approximate surface area is 186 Å². The van der Waals surface area contributed by atoms with Crippen molar-refractivity contribution in [2.24, 2.45) is 23.7 Å². The van der Waals surface area contributed by atoms with E-state index in [1.807, 2.05) is 12.2 Å². The third-order valence-electron chi connectivity index (χ3n) is 6.83. The minimum atomic E-state index is -0.297. The number of amides is 4. The van der Waals surface area contributed by atoms with E-state index in [2.05, 4.69) is 0 Å². The largest absolute Gasteiger partial charge is 0.282 e. The Bertz CT molecular complexity index is 769. The van der Waals surface area contributed by atoms with Gasteiger partial charge in [0, 0.05) is 23.2 Å². The van der Waals surface area contributed by atoms with Gasteiger partial charge < -0.3 is 0 Å². The van der Waals surface area contributed by atoms with Gasteiger partial charge in [0.1, 0.15) is 0 Å². The maximum absolute atomic E-state index is 12.5. The fourth-order valence-electron chi connectivity index (χ4n) is 5.13. The van der Waals surface area contributed by atoms with Crippen molar-refractivity contribution in [2.45, 2.75) is 51.4 Å². The molecule has 2 aliphatic carbocycles. The standard InChI is InChI=1S/C22H26Cl2N2O4/c23-13-5-7-15-17(11-13)21(29)25(19(15)27)9-3-1-2-4-10-26-20(28)16-8-6-14(24)12-18(16)22(26)30/h5-6,15-18H,1-4,7-12H2/t15-,16+,17-,18-/m0/s1. The number of hydrogen-bond donors (Lipinski definition) is 0. The number of likely N-dealkylation sites (tertiary alicyclic amines) is 2. The minimum absolute atomic E-state index is 0.0754. The van der Waals surface area contributed by atoms with Crippen molar-refractivity contribution in [1.29, 1.82) is 0 Å². The Morgan fingerprint density at radius 2 is 1.00 bits per heavy atom. The van der Waals surface area contributed by atoms with E-state index >= 15 is 0 Å². The second-order valence-corrected chi connectivity index (χ2v) is 9.65. The first-order valence-electron chi connectivity index (χ1n) is 10.8. The van der Waals surface area contributed by atoms with Gasteiger partial charge in [0.15, 0.2) is 0 Å². The summed E-state index contributed by atoms with van der Waals surface area (Å²) in [6.07, 6.45) is 8.84. The summed E-state index contributed by atoms with van der Waals surface area (Å²) in [7, 11) is 0. The van der Waals surface area contributed by atoms with Crippen molar-refractivity contribution >= 4 is 46.8 Å². The van der Waals surface area contributed by atoms with Gasteiger partial charge in [-0.05, 0) is 38.5 Å². The quantitative estimate of drug-likeness (QED) is 0.436. The van der Waals surface area contributed by atoms with Crippen LogP contribution in [-0.4, -0.2) is 46.5 Å². The average molecular weight is 453 g/mol. The van der Waals surface area contributed by atoms with E-state index in [1.165, 1.54) is 9.80 Å². The molecule has 0 aromatic rings. The zero-order valence-electron chi connectivity index (χ0n) is 16.8. The van der Waals surface area contributed by atoms with Crippen LogP contribution >= 0.6 is 23.2 Å². The Hall–Kier alpha value is -1.66. The zero-order chi connectivity index (χ0) is 21.4. The van der Waals surface area contributed by atoms with Gasteiger partial charge in [0.05, 0.1) is 23.7 Å². The SMILES string of the molecule is O=C1[C@H]2CC=C(Cl)C[C@@H]2C(=O)N1CCCCCCN1C(=O)[C@H]2CC(Cl)=CC[C@H]2C1=O. The minimum Gasteiger partial charge on any atom is -0.282 e. The molecule has 8 heteroatoms. The molecular formula is C22H26Cl2N2O4. The smallest absolute Gasteiger partial charge is 0.233 e. The van der Waals surface area contributed by atoms with Crippen molar-refractivity contribution in [1.82, 2.24) is 9.80 Å². The van der Waals surface area contributed by atoms with Gasteiger partial charge in [-0.2, -0.15) is 0 Å². The van der Waals surface area contributed by atoms with Crippen molar-refractivity contribution in [3.8, 4) is 0 Å². The maximum atomic E-state index is 12.5. The molecule has 4 rings (SSSR count). The molecule has 0 radical (unpaired) electrons. The first-order valence-corrected chi connectivity index (χ1v) is 11.5. The van der Waals surface area contributed by atoms with Crippen LogP contribution in [0.1, 0.15) is 51.4 Å². The first-order chi connectivity index (χ1) is 14.4. The molecule has 0 saturated carbocycles. The van der Waals surface area contributed by atoms with E-state index in [4.69, 9.17) is 23.2 Å². The van der Waals surface area contributed by atoms with Crippen LogP contribution in [0.15, 0.2) is 22.2 Å². The van der Waals surface area contributed by atoms with E-state index in [1.54, 1.807) is 0 Å². The number of unbranched alkanes of at least 4 members (excludes halogenated alkanes) is 3. The molecule has 6 nitrogen and oxygen atoms in total. The highest BCUT2D eigenvalue weighted by atomic mass is 35.5. The third-order valence-corrected chi connectivity index (χ3v) is 7.45. The number of imide groups is 2. The molecule has 0 spiro atoms. The molecule has 0 aromatic carbocycles. The summed E-state index contributed by atoms with van der Waals surface area (Å²) < 4.78 is 0. The summed E-state index contributed by atoms with van der Waals surface area (Å²) in [4.78, 5) is 52.9. The highest BCUT2D eigenvalue weighted by Gasteiger charge is 2.49. The molecule has 4 amide bonds. The van der Waals surface area contributed by atoms with Crippen LogP contribution in [0.2, 0.25) is 0 Å². The number of carbonyl (C=O) groups excluding carboxylic acids is 4. The van der Waals surface area contributed by atoms with Crippen LogP contribution in [0.25, 0.3) is 0 Å². The molecule has 4 atom stereocenters. The number of carbonyl (C=O) groups is 4. The molecule has 2 heterocycles. The number of nitrogens with zero attached hydrogens (tertiary/aromatic N) is 2. The Balaban J connectivity index is 1.18. The predicted molar refractivity (Wildman–Crippen MR) is 112 cm³/mol. The summed E-state index contributed by atoms with van der Waals surface area (Å²) in [6.45, 7) is 0.857. The van der Waals surface area contributed by atoms with E-state index in [-0.39, 0.29) is 47.3 Å². The molecule has 0 aromatic heterocycles. The monoisotopic (exact) mass is 452 g/mol. The van der Waals surface area contributed by atoms with Crippen molar-refractivity contribution in [3.63, 3.8) is 0 Å². The number of fused-ring (bicyclic) bond motifs is 2. The fraction of sp³-hybridized carbons (Fsp3) is 0.636. The van der Waals surface area contributed by atoms with E-state index in [0.29, 0.717) is 48.8 Å². The summed E-state index contributed by atoms with van der Waals surface area (Å²) in [5.74, 6) is -1.44. The number of hydrogen-bond acceptors (Lipinski definition) is 4. The number of allylic oxidation sites excluding steroid dienone is 4. The summed E-state index contributed by atoms with van der Waals surface area (Å²) in [6, 6.07) is 0. The second-order valence-electron chi connectivity index (χ2n) is 8.68. The molecule has 0 bridgehead atoms. The van der Waals surface area contributed by atoms with Gasteiger partial charge >= 0.3 is 0 Å². The van der Waals surface area contributed by atoms with Gasteiger partial charge in [-0.3, -0.25) is 29.0 Å². The van der Waals surface area contributed by atoms with Crippen LogP contribution in [-0.2, 0) is 19.2 Å². The Kier molecular flexibility index (Phi) is 6.35. The topological polar surface area (TPSA) is 74.8 Å². The molecule has 2 saturated heterocycles. The van der Waals surface area contributed by atoms with Crippen LogP contribution in [0.3, 0.4) is 0 Å².